The largest absolute Gasteiger partial charge is 0.378 e. The van der Waals surface area contributed by atoms with Crippen molar-refractivity contribution in [1.29, 1.82) is 0 Å². The summed E-state index contributed by atoms with van der Waals surface area (Å²) in [4.78, 5) is 59.4. The average molecular weight is 783 g/mol. The summed E-state index contributed by atoms with van der Waals surface area (Å²) < 4.78 is 39.9. The normalized spacial score (nSPS) is 18.9. The third kappa shape index (κ3) is 7.28. The molecule has 1 unspecified atom stereocenters. The zero-order valence-electron chi connectivity index (χ0n) is 31.6. The van der Waals surface area contributed by atoms with Crippen LogP contribution in [0.25, 0.3) is 22.1 Å². The Hall–Kier alpha value is -5.19. The van der Waals surface area contributed by atoms with E-state index in [1.165, 1.54) is 13.4 Å². The predicted molar refractivity (Wildman–Crippen MR) is 210 cm³/mol. The molecule has 0 spiro atoms. The average Bonchev–Trinajstić information content (AvgIpc) is 3.80. The van der Waals surface area contributed by atoms with Gasteiger partial charge in [0.25, 0.3) is 5.56 Å². The molecule has 15 nitrogen and oxygen atoms in total. The zero-order valence-corrected chi connectivity index (χ0v) is 32.4. The number of nitrogens with one attached hydrogen (secondary N) is 2. The van der Waals surface area contributed by atoms with Gasteiger partial charge in [-0.2, -0.15) is 9.29 Å². The summed E-state index contributed by atoms with van der Waals surface area (Å²) in [6, 6.07) is 13.5. The predicted octanol–water partition coefficient (Wildman–Crippen LogP) is 4.39. The van der Waals surface area contributed by atoms with E-state index in [4.69, 9.17) is 9.72 Å². The Balaban J connectivity index is 0.845. The molecule has 294 valence electrons. The highest BCUT2D eigenvalue weighted by Crippen LogP contribution is 2.31. The topological polar surface area (TPSA) is 180 Å². The number of amides is 2. The van der Waals surface area contributed by atoms with E-state index < -0.39 is 22.0 Å². The monoisotopic (exact) mass is 782 g/mol. The SMILES string of the molecule is Cc1cc(S(=O)(=O)N2CCC(OCCCc3ccc4c(c3)n(C)c(=O)n4C3CCC(=O)NC3=O)CC2)ccc1Nc1ncc2ccc(=O)n(C3CCCC3)c2n1. The van der Waals surface area contributed by atoms with Crippen molar-refractivity contribution in [2.24, 2.45) is 7.05 Å². The number of imide groups is 1. The van der Waals surface area contributed by atoms with Crippen LogP contribution < -0.4 is 21.9 Å². The molecule has 0 bridgehead atoms. The molecule has 5 aromatic rings. The third-order valence-corrected chi connectivity index (χ3v) is 13.4. The maximum absolute atomic E-state index is 13.7. The first-order chi connectivity index (χ1) is 27.0. The van der Waals surface area contributed by atoms with Crippen LogP contribution in [0.15, 0.2) is 69.2 Å². The maximum atomic E-state index is 13.7. The Bertz CT molecular complexity index is 2570. The molecule has 2 aromatic carbocycles. The van der Waals surface area contributed by atoms with Gasteiger partial charge in [-0.15, -0.1) is 0 Å². The number of hydrogen-bond acceptors (Lipinski definition) is 10. The number of carbonyl (C=O) groups is 2. The number of fused-ring (bicyclic) bond motifs is 2. The number of carbonyl (C=O) groups excluding carboxylic acids is 2. The molecule has 3 fully saturated rings. The standard InChI is InChI=1S/C40H46N8O7S/c1-25-22-30(11-12-31(25)42-39-41-24-27-10-16-36(50)47(37(27)44-39)28-7-3-4-8-28)56(53,54)46-19-17-29(18-20-46)55-21-5-6-26-9-13-32-34(23-26)45(2)40(52)48(32)33-14-15-35(49)43-38(33)51/h9-13,16,22-24,28-29,33H,3-8,14-15,17-21H2,1-2H3,(H,41,42,44)(H,43,49,51). The molecule has 1 saturated carbocycles. The number of imidazole rings is 1. The van der Waals surface area contributed by atoms with Crippen molar-refractivity contribution >= 4 is 55.5 Å². The van der Waals surface area contributed by atoms with Gasteiger partial charge < -0.3 is 10.1 Å². The molecule has 2 saturated heterocycles. The van der Waals surface area contributed by atoms with Gasteiger partial charge in [-0.25, -0.2) is 18.2 Å². The molecule has 2 aliphatic heterocycles. The van der Waals surface area contributed by atoms with Crippen LogP contribution in [0.3, 0.4) is 0 Å². The number of nitrogens with zero attached hydrogens (tertiary/aromatic N) is 6. The molecule has 1 atom stereocenters. The van der Waals surface area contributed by atoms with Gasteiger partial charge >= 0.3 is 5.69 Å². The minimum Gasteiger partial charge on any atom is -0.378 e. The Morgan fingerprint density at radius 1 is 0.911 bits per heavy atom. The van der Waals surface area contributed by atoms with Gasteiger partial charge in [0.15, 0.2) is 0 Å². The molecule has 16 heteroatoms. The molecule has 56 heavy (non-hydrogen) atoms. The van der Waals surface area contributed by atoms with E-state index in [0.717, 1.165) is 60.6 Å². The molecule has 3 aliphatic rings. The Morgan fingerprint density at radius 2 is 1.70 bits per heavy atom. The second-order valence-electron chi connectivity index (χ2n) is 15.1. The van der Waals surface area contributed by atoms with E-state index in [0.29, 0.717) is 55.3 Å². The number of benzene rings is 2. The second kappa shape index (κ2) is 15.4. The van der Waals surface area contributed by atoms with Crippen molar-refractivity contribution < 1.29 is 22.7 Å². The van der Waals surface area contributed by atoms with Crippen molar-refractivity contribution in [3.05, 3.63) is 86.7 Å². The van der Waals surface area contributed by atoms with Gasteiger partial charge in [0.05, 0.1) is 22.0 Å². The summed E-state index contributed by atoms with van der Waals surface area (Å²) in [6.07, 6.45) is 8.85. The van der Waals surface area contributed by atoms with Gasteiger partial charge in [0.1, 0.15) is 11.7 Å². The highest BCUT2D eigenvalue weighted by molar-refractivity contribution is 7.89. The van der Waals surface area contributed by atoms with Crippen molar-refractivity contribution in [3.8, 4) is 0 Å². The maximum Gasteiger partial charge on any atom is 0.329 e. The lowest BCUT2D eigenvalue weighted by Gasteiger charge is -2.31. The van der Waals surface area contributed by atoms with E-state index >= 15 is 0 Å². The number of aromatic nitrogens is 5. The zero-order chi connectivity index (χ0) is 39.1. The Morgan fingerprint density at radius 3 is 2.45 bits per heavy atom. The van der Waals surface area contributed by atoms with Crippen molar-refractivity contribution in [2.45, 2.75) is 94.2 Å². The summed E-state index contributed by atoms with van der Waals surface area (Å²) in [5, 5.41) is 6.36. The first-order valence-electron chi connectivity index (χ1n) is 19.4. The second-order valence-corrected chi connectivity index (χ2v) is 17.1. The van der Waals surface area contributed by atoms with Crippen LogP contribution in [-0.2, 0) is 37.8 Å². The first kappa shape index (κ1) is 37.7. The van der Waals surface area contributed by atoms with Crippen LogP contribution in [-0.4, -0.2) is 74.0 Å². The summed E-state index contributed by atoms with van der Waals surface area (Å²) in [6.45, 7) is 3.07. The molecular weight excluding hydrogens is 737 g/mol. The number of aryl methyl sites for hydroxylation is 3. The van der Waals surface area contributed by atoms with Crippen LogP contribution in [0.5, 0.6) is 0 Å². The lowest BCUT2D eigenvalue weighted by atomic mass is 10.1. The summed E-state index contributed by atoms with van der Waals surface area (Å²) in [7, 11) is -2.05. The number of piperidine rings is 2. The molecular formula is C40H46N8O7S. The first-order valence-corrected chi connectivity index (χ1v) is 20.8. The van der Waals surface area contributed by atoms with Gasteiger partial charge in [0.2, 0.25) is 27.8 Å². The summed E-state index contributed by atoms with van der Waals surface area (Å²) >= 11 is 0. The fourth-order valence-electron chi connectivity index (χ4n) is 8.38. The molecule has 8 rings (SSSR count). The third-order valence-electron chi connectivity index (χ3n) is 11.5. The summed E-state index contributed by atoms with van der Waals surface area (Å²) in [5.41, 5.74) is 4.03. The Kier molecular flexibility index (Phi) is 10.4. The number of sulfonamides is 1. The van der Waals surface area contributed by atoms with Crippen LogP contribution in [0.1, 0.15) is 81.0 Å². The fourth-order valence-corrected chi connectivity index (χ4v) is 9.94. The quantitative estimate of drug-likeness (QED) is 0.144. The lowest BCUT2D eigenvalue weighted by molar-refractivity contribution is -0.135. The number of ether oxygens (including phenoxy) is 1. The van der Waals surface area contributed by atoms with E-state index in [2.05, 4.69) is 15.6 Å². The van der Waals surface area contributed by atoms with Crippen LogP contribution in [0.4, 0.5) is 11.6 Å². The van der Waals surface area contributed by atoms with Crippen molar-refractivity contribution in [2.75, 3.05) is 25.0 Å². The highest BCUT2D eigenvalue weighted by Gasteiger charge is 2.32. The highest BCUT2D eigenvalue weighted by atomic mass is 32.2. The minimum absolute atomic E-state index is 0.0485. The smallest absolute Gasteiger partial charge is 0.329 e. The van der Waals surface area contributed by atoms with E-state index in [1.807, 2.05) is 25.1 Å². The van der Waals surface area contributed by atoms with Crippen LogP contribution in [0, 0.1) is 6.92 Å². The molecule has 0 radical (unpaired) electrons. The van der Waals surface area contributed by atoms with Crippen molar-refractivity contribution in [1.82, 2.24) is 33.3 Å². The number of anilines is 2. The number of hydrogen-bond donors (Lipinski definition) is 2. The number of pyridine rings is 1. The fraction of sp³-hybridized carbons (Fsp3) is 0.450. The molecule has 2 N–H and O–H groups in total. The molecule has 5 heterocycles. The van der Waals surface area contributed by atoms with Crippen molar-refractivity contribution in [3.63, 3.8) is 0 Å². The van der Waals surface area contributed by atoms with E-state index in [1.54, 1.807) is 48.1 Å². The molecule has 3 aromatic heterocycles. The van der Waals surface area contributed by atoms with E-state index in [-0.39, 0.29) is 47.0 Å². The molecule has 1 aliphatic carbocycles. The Labute approximate surface area is 323 Å². The minimum atomic E-state index is -3.73. The van der Waals surface area contributed by atoms with Crippen LogP contribution in [0.2, 0.25) is 0 Å². The number of rotatable bonds is 11. The summed E-state index contributed by atoms with van der Waals surface area (Å²) in [5.74, 6) is -0.445. The van der Waals surface area contributed by atoms with Crippen LogP contribution >= 0.6 is 0 Å². The molecule has 2 amide bonds. The van der Waals surface area contributed by atoms with E-state index in [9.17, 15) is 27.6 Å². The van der Waals surface area contributed by atoms with Gasteiger partial charge in [-0.3, -0.25) is 33.4 Å². The van der Waals surface area contributed by atoms with Gasteiger partial charge in [-0.1, -0.05) is 18.9 Å². The lowest BCUT2D eigenvalue weighted by Crippen LogP contribution is -2.44. The van der Waals surface area contributed by atoms with Gasteiger partial charge in [-0.05, 0) is 99.4 Å². The van der Waals surface area contributed by atoms with Gasteiger partial charge in [0, 0.05) is 62.5 Å².